The van der Waals surface area contributed by atoms with Gasteiger partial charge < -0.3 is 15.0 Å². The molecule has 1 fully saturated rings. The molecule has 3 aromatic heterocycles. The average molecular weight is 540 g/mol. The van der Waals surface area contributed by atoms with Crippen LogP contribution < -0.4 is 10.2 Å². The number of ether oxygens (including phenoxy) is 1. The SMILES string of the molecule is C[C@@H](CC(=O)c1cccc(N2CCOCC2)n1)c1ncc(C(=O)Nc2cc(C(F)(F)F)c(Cl)cn2)s1. The Morgan fingerprint density at radius 3 is 2.69 bits per heavy atom. The Labute approximate surface area is 213 Å². The summed E-state index contributed by atoms with van der Waals surface area (Å²) in [5.41, 5.74) is -0.757. The number of nitrogens with one attached hydrogen (secondary N) is 1. The second-order valence-electron chi connectivity index (χ2n) is 8.07. The van der Waals surface area contributed by atoms with Crippen LogP contribution in [0.25, 0.3) is 0 Å². The van der Waals surface area contributed by atoms with Gasteiger partial charge in [0.1, 0.15) is 22.2 Å². The predicted octanol–water partition coefficient (Wildman–Crippen LogP) is 5.07. The fraction of sp³-hybridized carbons (Fsp3) is 0.348. The highest BCUT2D eigenvalue weighted by Gasteiger charge is 2.34. The van der Waals surface area contributed by atoms with E-state index in [-0.39, 0.29) is 28.8 Å². The normalized spacial score (nSPS) is 15.0. The van der Waals surface area contributed by atoms with Crippen molar-refractivity contribution in [2.45, 2.75) is 25.4 Å². The van der Waals surface area contributed by atoms with Gasteiger partial charge in [0.15, 0.2) is 5.78 Å². The summed E-state index contributed by atoms with van der Waals surface area (Å²) >= 11 is 6.61. The van der Waals surface area contributed by atoms with Crippen LogP contribution in [0.4, 0.5) is 24.8 Å². The van der Waals surface area contributed by atoms with E-state index in [1.165, 1.54) is 6.20 Å². The summed E-state index contributed by atoms with van der Waals surface area (Å²) in [7, 11) is 0. The van der Waals surface area contributed by atoms with Crippen LogP contribution in [0.15, 0.2) is 36.7 Å². The lowest BCUT2D eigenvalue weighted by atomic mass is 10.0. The molecule has 13 heteroatoms. The summed E-state index contributed by atoms with van der Waals surface area (Å²) in [5, 5.41) is 2.30. The third-order valence-corrected chi connectivity index (χ3v) is 6.95. The Morgan fingerprint density at radius 1 is 1.22 bits per heavy atom. The number of anilines is 2. The summed E-state index contributed by atoms with van der Waals surface area (Å²) in [6, 6.07) is 5.97. The number of morpholine rings is 1. The second kappa shape index (κ2) is 10.9. The van der Waals surface area contributed by atoms with E-state index in [1.54, 1.807) is 19.1 Å². The molecule has 8 nitrogen and oxygen atoms in total. The minimum atomic E-state index is -4.68. The second-order valence-corrected chi connectivity index (χ2v) is 9.54. The number of pyridine rings is 2. The number of carbonyl (C=O) groups excluding carboxylic acids is 2. The summed E-state index contributed by atoms with van der Waals surface area (Å²) in [5.74, 6) is -0.706. The molecule has 0 unspecified atom stereocenters. The molecule has 1 amide bonds. The van der Waals surface area contributed by atoms with Gasteiger partial charge >= 0.3 is 6.18 Å². The largest absolute Gasteiger partial charge is 0.418 e. The summed E-state index contributed by atoms with van der Waals surface area (Å²) < 4.78 is 44.5. The zero-order chi connectivity index (χ0) is 25.9. The summed E-state index contributed by atoms with van der Waals surface area (Å²) in [6.45, 7) is 4.42. The number of hydrogen-bond acceptors (Lipinski definition) is 8. The number of hydrogen-bond donors (Lipinski definition) is 1. The molecule has 1 aliphatic heterocycles. The van der Waals surface area contributed by atoms with Crippen molar-refractivity contribution in [3.8, 4) is 0 Å². The van der Waals surface area contributed by atoms with Crippen molar-refractivity contribution in [1.29, 1.82) is 0 Å². The minimum Gasteiger partial charge on any atom is -0.378 e. The van der Waals surface area contributed by atoms with Crippen molar-refractivity contribution in [3.63, 3.8) is 0 Å². The number of rotatable bonds is 7. The van der Waals surface area contributed by atoms with Gasteiger partial charge in [-0.1, -0.05) is 24.6 Å². The first-order valence-electron chi connectivity index (χ1n) is 10.9. The van der Waals surface area contributed by atoms with Crippen LogP contribution in [0.3, 0.4) is 0 Å². The summed E-state index contributed by atoms with van der Waals surface area (Å²) in [6.07, 6.45) is -2.42. The first-order valence-corrected chi connectivity index (χ1v) is 12.1. The Kier molecular flexibility index (Phi) is 7.86. The van der Waals surface area contributed by atoms with E-state index in [0.29, 0.717) is 43.1 Å². The van der Waals surface area contributed by atoms with Crippen LogP contribution in [-0.2, 0) is 10.9 Å². The number of nitrogens with zero attached hydrogens (tertiary/aromatic N) is 4. The highest BCUT2D eigenvalue weighted by Crippen LogP contribution is 2.35. The molecule has 1 aliphatic rings. The Balaban J connectivity index is 1.40. The zero-order valence-electron chi connectivity index (χ0n) is 19.0. The van der Waals surface area contributed by atoms with Crippen LogP contribution in [0.2, 0.25) is 5.02 Å². The maximum absolute atomic E-state index is 13.1. The Bertz CT molecular complexity index is 1260. The molecule has 0 radical (unpaired) electrons. The lowest BCUT2D eigenvalue weighted by Gasteiger charge is -2.27. The third-order valence-electron chi connectivity index (χ3n) is 5.42. The maximum atomic E-state index is 13.1. The van der Waals surface area contributed by atoms with Crippen molar-refractivity contribution in [1.82, 2.24) is 15.0 Å². The van der Waals surface area contributed by atoms with E-state index >= 15 is 0 Å². The van der Waals surface area contributed by atoms with Crippen LogP contribution >= 0.6 is 22.9 Å². The highest BCUT2D eigenvalue weighted by molar-refractivity contribution is 7.13. The molecule has 0 aliphatic carbocycles. The molecule has 3 aromatic rings. The number of halogens is 4. The zero-order valence-corrected chi connectivity index (χ0v) is 20.6. The van der Waals surface area contributed by atoms with Gasteiger partial charge in [0, 0.05) is 31.6 Å². The molecule has 0 aromatic carbocycles. The number of carbonyl (C=O) groups is 2. The first kappa shape index (κ1) is 26.0. The van der Waals surface area contributed by atoms with E-state index in [2.05, 4.69) is 25.2 Å². The van der Waals surface area contributed by atoms with Gasteiger partial charge in [0.25, 0.3) is 5.91 Å². The van der Waals surface area contributed by atoms with E-state index in [0.717, 1.165) is 23.4 Å². The van der Waals surface area contributed by atoms with Gasteiger partial charge in [-0.3, -0.25) is 9.59 Å². The van der Waals surface area contributed by atoms with Gasteiger partial charge in [-0.15, -0.1) is 11.3 Å². The molecular formula is C23H21ClF3N5O3S. The topological polar surface area (TPSA) is 97.3 Å². The van der Waals surface area contributed by atoms with Crippen molar-refractivity contribution in [2.75, 3.05) is 36.5 Å². The van der Waals surface area contributed by atoms with Crippen LogP contribution in [-0.4, -0.2) is 52.9 Å². The number of alkyl halides is 3. The number of amides is 1. The molecule has 0 saturated carbocycles. The van der Waals surface area contributed by atoms with Crippen molar-refractivity contribution in [3.05, 3.63) is 62.8 Å². The molecule has 4 rings (SSSR count). The lowest BCUT2D eigenvalue weighted by molar-refractivity contribution is -0.137. The third kappa shape index (κ3) is 6.18. The number of ketones is 1. The van der Waals surface area contributed by atoms with Gasteiger partial charge in [-0.25, -0.2) is 15.0 Å². The monoisotopic (exact) mass is 539 g/mol. The summed E-state index contributed by atoms with van der Waals surface area (Å²) in [4.78, 5) is 40.1. The van der Waals surface area contributed by atoms with Crippen LogP contribution in [0.5, 0.6) is 0 Å². The molecule has 36 heavy (non-hydrogen) atoms. The minimum absolute atomic E-state index is 0.127. The molecule has 190 valence electrons. The highest BCUT2D eigenvalue weighted by atomic mass is 35.5. The first-order chi connectivity index (χ1) is 17.1. The van der Waals surface area contributed by atoms with E-state index in [4.69, 9.17) is 16.3 Å². The van der Waals surface area contributed by atoms with Gasteiger partial charge in [0.2, 0.25) is 0 Å². The number of Topliss-reactive ketones (excluding diaryl/α,β-unsaturated/α-hetero) is 1. The van der Waals surface area contributed by atoms with Crippen LogP contribution in [0.1, 0.15) is 50.0 Å². The molecule has 0 bridgehead atoms. The van der Waals surface area contributed by atoms with Crippen molar-refractivity contribution in [2.24, 2.45) is 0 Å². The Morgan fingerprint density at radius 2 is 1.97 bits per heavy atom. The smallest absolute Gasteiger partial charge is 0.378 e. The van der Waals surface area contributed by atoms with E-state index in [9.17, 15) is 22.8 Å². The maximum Gasteiger partial charge on any atom is 0.418 e. The molecule has 1 N–H and O–H groups in total. The van der Waals surface area contributed by atoms with E-state index < -0.39 is 22.7 Å². The standard InChI is InChI=1S/C23H21ClF3N5O3S/c1-13(9-17(33)16-3-2-4-20(30-16)32-5-7-35-8-6-32)22-29-12-18(36-22)21(34)31-19-10-14(23(25,26)27)15(24)11-28-19/h2-4,10-13H,5-9H2,1H3,(H,28,31,34)/t13-/m0/s1. The number of aromatic nitrogens is 3. The fourth-order valence-electron chi connectivity index (χ4n) is 3.54. The average Bonchev–Trinajstić information content (AvgIpc) is 3.36. The predicted molar refractivity (Wildman–Crippen MR) is 129 cm³/mol. The van der Waals surface area contributed by atoms with Crippen molar-refractivity contribution < 1.29 is 27.5 Å². The molecule has 0 spiro atoms. The lowest BCUT2D eigenvalue weighted by Crippen LogP contribution is -2.36. The van der Waals surface area contributed by atoms with Gasteiger partial charge in [-0.2, -0.15) is 13.2 Å². The van der Waals surface area contributed by atoms with Gasteiger partial charge in [0.05, 0.1) is 35.0 Å². The number of thiazole rings is 1. The van der Waals surface area contributed by atoms with Crippen LogP contribution in [0, 0.1) is 0 Å². The van der Waals surface area contributed by atoms with Crippen molar-refractivity contribution >= 4 is 46.3 Å². The Hall–Kier alpha value is -3.09. The fourth-order valence-corrected chi connectivity index (χ4v) is 4.61. The molecule has 4 heterocycles. The molecular weight excluding hydrogens is 519 g/mol. The molecule has 1 atom stereocenters. The van der Waals surface area contributed by atoms with E-state index in [1.807, 2.05) is 6.07 Å². The molecule has 1 saturated heterocycles. The quantitative estimate of drug-likeness (QED) is 0.419. The van der Waals surface area contributed by atoms with Gasteiger partial charge in [-0.05, 0) is 18.2 Å².